The van der Waals surface area contributed by atoms with E-state index in [1.165, 1.54) is 0 Å². The molecule has 0 aromatic heterocycles. The van der Waals surface area contributed by atoms with Gasteiger partial charge in [-0.05, 0) is 24.1 Å². The summed E-state index contributed by atoms with van der Waals surface area (Å²) < 4.78 is 10.5. The molecule has 0 fully saturated rings. The highest BCUT2D eigenvalue weighted by Crippen LogP contribution is 2.27. The van der Waals surface area contributed by atoms with Crippen LogP contribution in [-0.2, 0) is 6.54 Å². The van der Waals surface area contributed by atoms with E-state index in [2.05, 4.69) is 18.2 Å². The molecule has 1 aromatic carbocycles. The second kappa shape index (κ2) is 7.62. The van der Waals surface area contributed by atoms with Gasteiger partial charge in [0.1, 0.15) is 0 Å². The average molecular weight is 247 g/mol. The van der Waals surface area contributed by atoms with Gasteiger partial charge >= 0.3 is 0 Å². The van der Waals surface area contributed by atoms with Gasteiger partial charge in [0.2, 0.25) is 0 Å². The van der Waals surface area contributed by atoms with Crippen molar-refractivity contribution >= 4 is 0 Å². The Morgan fingerprint density at radius 3 is 2.56 bits per heavy atom. The van der Waals surface area contributed by atoms with Crippen LogP contribution in [0.2, 0.25) is 0 Å². The van der Waals surface area contributed by atoms with E-state index in [0.29, 0.717) is 0 Å². The fraction of sp³-hybridized carbons (Fsp3) is 0.467. The first-order valence-corrected chi connectivity index (χ1v) is 6.15. The molecule has 1 unspecified atom stereocenters. The van der Waals surface area contributed by atoms with Gasteiger partial charge in [0, 0.05) is 6.54 Å². The molecular formula is C15H21NO2. The van der Waals surface area contributed by atoms with Gasteiger partial charge in [0.15, 0.2) is 11.5 Å². The highest BCUT2D eigenvalue weighted by Gasteiger charge is 2.06. The summed E-state index contributed by atoms with van der Waals surface area (Å²) in [5.74, 6) is 4.24. The standard InChI is InChI=1S/C15H21NO2/c1-5-7-13(6-2)16-11-12-8-9-14(17-3)15(10-12)18-4/h2,8-10,13,16H,5,7,11H2,1,3-4H3. The van der Waals surface area contributed by atoms with E-state index in [1.54, 1.807) is 14.2 Å². The Bertz CT molecular complexity index is 409. The van der Waals surface area contributed by atoms with Gasteiger partial charge in [-0.25, -0.2) is 0 Å². The minimum Gasteiger partial charge on any atom is -0.493 e. The molecule has 1 aromatic rings. The summed E-state index contributed by atoms with van der Waals surface area (Å²) in [7, 11) is 3.27. The van der Waals surface area contributed by atoms with Crippen LogP contribution < -0.4 is 14.8 Å². The summed E-state index contributed by atoms with van der Waals surface area (Å²) >= 11 is 0. The third kappa shape index (κ3) is 3.97. The molecule has 3 heteroatoms. The summed E-state index contributed by atoms with van der Waals surface area (Å²) in [6.07, 6.45) is 7.53. The molecule has 0 aliphatic rings. The number of hydrogen-bond acceptors (Lipinski definition) is 3. The summed E-state index contributed by atoms with van der Waals surface area (Å²) in [6.45, 7) is 2.86. The molecule has 0 saturated carbocycles. The van der Waals surface area contributed by atoms with Gasteiger partial charge in [-0.2, -0.15) is 0 Å². The summed E-state index contributed by atoms with van der Waals surface area (Å²) in [6, 6.07) is 6.00. The number of nitrogens with one attached hydrogen (secondary N) is 1. The van der Waals surface area contributed by atoms with Crippen LogP contribution in [0.25, 0.3) is 0 Å². The minimum absolute atomic E-state index is 0.128. The lowest BCUT2D eigenvalue weighted by Crippen LogP contribution is -2.26. The average Bonchev–Trinajstić information content (AvgIpc) is 2.42. The monoisotopic (exact) mass is 247 g/mol. The van der Waals surface area contributed by atoms with Crippen molar-refractivity contribution in [3.05, 3.63) is 23.8 Å². The van der Waals surface area contributed by atoms with Gasteiger partial charge in [-0.1, -0.05) is 25.3 Å². The van der Waals surface area contributed by atoms with Crippen LogP contribution in [0, 0.1) is 12.3 Å². The van der Waals surface area contributed by atoms with Crippen molar-refractivity contribution < 1.29 is 9.47 Å². The predicted molar refractivity (Wildman–Crippen MR) is 73.9 cm³/mol. The zero-order valence-corrected chi connectivity index (χ0v) is 11.3. The second-order valence-corrected chi connectivity index (χ2v) is 4.08. The van der Waals surface area contributed by atoms with Gasteiger partial charge < -0.3 is 9.47 Å². The Hall–Kier alpha value is -1.66. The van der Waals surface area contributed by atoms with E-state index in [1.807, 2.05) is 18.2 Å². The third-order valence-corrected chi connectivity index (χ3v) is 2.78. The Morgan fingerprint density at radius 2 is 2.00 bits per heavy atom. The zero-order valence-electron chi connectivity index (χ0n) is 11.3. The molecule has 1 N–H and O–H groups in total. The molecule has 18 heavy (non-hydrogen) atoms. The van der Waals surface area contributed by atoms with Gasteiger partial charge in [0.05, 0.1) is 20.3 Å². The van der Waals surface area contributed by atoms with E-state index in [0.717, 1.165) is 36.4 Å². The Morgan fingerprint density at radius 1 is 1.28 bits per heavy atom. The van der Waals surface area contributed by atoms with Crippen LogP contribution in [0.4, 0.5) is 0 Å². The quantitative estimate of drug-likeness (QED) is 0.751. The third-order valence-electron chi connectivity index (χ3n) is 2.78. The molecule has 98 valence electrons. The van der Waals surface area contributed by atoms with Gasteiger partial charge in [0.25, 0.3) is 0 Å². The van der Waals surface area contributed by atoms with Crippen LogP contribution in [0.1, 0.15) is 25.3 Å². The first kappa shape index (κ1) is 14.4. The number of benzene rings is 1. The van der Waals surface area contributed by atoms with E-state index in [9.17, 15) is 0 Å². The molecule has 1 rings (SSSR count). The molecule has 0 aliphatic carbocycles. The molecular weight excluding hydrogens is 226 g/mol. The number of hydrogen-bond donors (Lipinski definition) is 1. The highest BCUT2D eigenvalue weighted by atomic mass is 16.5. The number of rotatable bonds is 7. The molecule has 0 heterocycles. The second-order valence-electron chi connectivity index (χ2n) is 4.08. The van der Waals surface area contributed by atoms with Crippen LogP contribution in [0.15, 0.2) is 18.2 Å². The fourth-order valence-electron chi connectivity index (χ4n) is 1.76. The van der Waals surface area contributed by atoms with Crippen molar-refractivity contribution in [1.29, 1.82) is 0 Å². The van der Waals surface area contributed by atoms with Crippen molar-refractivity contribution in [3.8, 4) is 23.8 Å². The lowest BCUT2D eigenvalue weighted by molar-refractivity contribution is 0.354. The SMILES string of the molecule is C#CC(CCC)NCc1ccc(OC)c(OC)c1. The Kier molecular flexibility index (Phi) is 6.10. The van der Waals surface area contributed by atoms with Crippen molar-refractivity contribution in [2.24, 2.45) is 0 Å². The van der Waals surface area contributed by atoms with Crippen LogP contribution in [0.5, 0.6) is 11.5 Å². The summed E-state index contributed by atoms with van der Waals surface area (Å²) in [4.78, 5) is 0. The molecule has 0 saturated heterocycles. The Labute approximate surface area is 109 Å². The zero-order chi connectivity index (χ0) is 13.4. The largest absolute Gasteiger partial charge is 0.493 e. The minimum atomic E-state index is 0.128. The van der Waals surface area contributed by atoms with E-state index >= 15 is 0 Å². The van der Waals surface area contributed by atoms with E-state index in [4.69, 9.17) is 15.9 Å². The molecule has 0 bridgehead atoms. The number of ether oxygens (including phenoxy) is 2. The smallest absolute Gasteiger partial charge is 0.161 e. The highest BCUT2D eigenvalue weighted by molar-refractivity contribution is 5.42. The maximum Gasteiger partial charge on any atom is 0.161 e. The normalized spacial score (nSPS) is 11.7. The van der Waals surface area contributed by atoms with E-state index in [-0.39, 0.29) is 6.04 Å². The molecule has 0 aliphatic heterocycles. The first-order valence-electron chi connectivity index (χ1n) is 6.15. The topological polar surface area (TPSA) is 30.5 Å². The number of methoxy groups -OCH3 is 2. The molecule has 3 nitrogen and oxygen atoms in total. The van der Waals surface area contributed by atoms with Crippen LogP contribution >= 0.6 is 0 Å². The van der Waals surface area contributed by atoms with Crippen molar-refractivity contribution in [1.82, 2.24) is 5.32 Å². The summed E-state index contributed by atoms with van der Waals surface area (Å²) in [5.41, 5.74) is 1.13. The Balaban J connectivity index is 2.65. The first-order chi connectivity index (χ1) is 8.74. The van der Waals surface area contributed by atoms with Crippen LogP contribution in [0.3, 0.4) is 0 Å². The molecule has 1 atom stereocenters. The molecule has 0 amide bonds. The maximum atomic E-state index is 5.47. The van der Waals surface area contributed by atoms with Crippen molar-refractivity contribution in [2.45, 2.75) is 32.4 Å². The van der Waals surface area contributed by atoms with Crippen molar-refractivity contribution in [3.63, 3.8) is 0 Å². The van der Waals surface area contributed by atoms with Gasteiger partial charge in [-0.15, -0.1) is 6.42 Å². The fourth-order valence-corrected chi connectivity index (χ4v) is 1.76. The van der Waals surface area contributed by atoms with Crippen LogP contribution in [-0.4, -0.2) is 20.3 Å². The van der Waals surface area contributed by atoms with E-state index < -0.39 is 0 Å². The molecule has 0 spiro atoms. The maximum absolute atomic E-state index is 5.47. The number of terminal acetylenes is 1. The predicted octanol–water partition coefficient (Wildman–Crippen LogP) is 2.60. The molecule has 0 radical (unpaired) electrons. The van der Waals surface area contributed by atoms with Crippen molar-refractivity contribution in [2.75, 3.05) is 14.2 Å². The van der Waals surface area contributed by atoms with Gasteiger partial charge in [-0.3, -0.25) is 5.32 Å². The lowest BCUT2D eigenvalue weighted by atomic mass is 10.1. The lowest BCUT2D eigenvalue weighted by Gasteiger charge is -2.13. The summed E-state index contributed by atoms with van der Waals surface area (Å²) in [5, 5.41) is 3.34.